The molecule has 7 nitrogen and oxygen atoms in total. The first kappa shape index (κ1) is 23.0. The second-order valence-corrected chi connectivity index (χ2v) is 9.44. The van der Waals surface area contributed by atoms with Crippen LogP contribution >= 0.6 is 0 Å². The summed E-state index contributed by atoms with van der Waals surface area (Å²) in [4.78, 5) is 17.1. The maximum atomic E-state index is 13.7. The van der Waals surface area contributed by atoms with Crippen molar-refractivity contribution in [3.8, 4) is 0 Å². The fourth-order valence-corrected chi connectivity index (χ4v) is 4.13. The Hall–Kier alpha value is -2.65. The topological polar surface area (TPSA) is 81.7 Å². The van der Waals surface area contributed by atoms with Gasteiger partial charge >= 0.3 is 0 Å². The van der Waals surface area contributed by atoms with Crippen molar-refractivity contribution in [3.63, 3.8) is 0 Å². The molecule has 0 bridgehead atoms. The van der Waals surface area contributed by atoms with Gasteiger partial charge in [-0.1, -0.05) is 18.2 Å². The fourth-order valence-electron chi connectivity index (χ4n) is 3.58. The Kier molecular flexibility index (Phi) is 7.86. The van der Waals surface area contributed by atoms with Crippen LogP contribution in [0.4, 0.5) is 15.8 Å². The lowest BCUT2D eigenvalue weighted by molar-refractivity contribution is 0.0952. The normalized spacial score (nSPS) is 15.0. The van der Waals surface area contributed by atoms with E-state index >= 15 is 0 Å². The number of amides is 1. The molecular weight excluding hydrogens is 419 g/mol. The maximum absolute atomic E-state index is 13.7. The Labute approximate surface area is 183 Å². The van der Waals surface area contributed by atoms with E-state index in [0.717, 1.165) is 57.9 Å². The number of hydrogen-bond acceptors (Lipinski definition) is 5. The third-order valence-electron chi connectivity index (χ3n) is 5.20. The van der Waals surface area contributed by atoms with Gasteiger partial charge in [-0.2, -0.15) is 0 Å². The lowest BCUT2D eigenvalue weighted by Gasteiger charge is -2.36. The molecule has 31 heavy (non-hydrogen) atoms. The molecule has 0 saturated carbocycles. The Morgan fingerprint density at radius 3 is 2.42 bits per heavy atom. The minimum atomic E-state index is -3.63. The molecule has 1 amide bonds. The smallest absolute Gasteiger partial charge is 0.251 e. The number of piperazine rings is 1. The van der Waals surface area contributed by atoms with E-state index in [1.807, 2.05) is 6.07 Å². The molecule has 1 aliphatic heterocycles. The molecule has 3 rings (SSSR count). The van der Waals surface area contributed by atoms with Gasteiger partial charge in [-0.25, -0.2) is 12.8 Å². The summed E-state index contributed by atoms with van der Waals surface area (Å²) in [5, 5.41) is 2.81. The average Bonchev–Trinajstić information content (AvgIpc) is 2.75. The number of sulfonamides is 1. The largest absolute Gasteiger partial charge is 0.369 e. The highest BCUT2D eigenvalue weighted by Gasteiger charge is 2.16. The van der Waals surface area contributed by atoms with E-state index < -0.39 is 15.8 Å². The molecule has 1 aliphatic rings. The number of anilines is 2. The standard InChI is InChI=1S/C22H29FN4O3S/c1-31(29,30)25-21-17-18(9-10-20(21)23)22(28)24-11-5-6-12-26-13-15-27(16-14-26)19-7-3-2-4-8-19/h2-4,7-10,17,25H,5-6,11-16H2,1H3,(H,24,28). The van der Waals surface area contributed by atoms with Crippen molar-refractivity contribution < 1.29 is 17.6 Å². The van der Waals surface area contributed by atoms with Gasteiger partial charge in [0.15, 0.2) is 0 Å². The van der Waals surface area contributed by atoms with Crippen molar-refractivity contribution in [2.45, 2.75) is 12.8 Å². The van der Waals surface area contributed by atoms with Gasteiger partial charge in [0.05, 0.1) is 11.9 Å². The average molecular weight is 449 g/mol. The summed E-state index contributed by atoms with van der Waals surface area (Å²) in [5.41, 5.74) is 1.25. The molecule has 0 aliphatic carbocycles. The molecule has 0 aromatic heterocycles. The van der Waals surface area contributed by atoms with E-state index in [1.165, 1.54) is 17.8 Å². The van der Waals surface area contributed by atoms with Gasteiger partial charge in [-0.3, -0.25) is 14.4 Å². The third kappa shape index (κ3) is 7.22. The molecule has 0 radical (unpaired) electrons. The minimum absolute atomic E-state index is 0.213. The first-order valence-electron chi connectivity index (χ1n) is 10.4. The number of carbonyl (C=O) groups excluding carboxylic acids is 1. The molecule has 2 N–H and O–H groups in total. The lowest BCUT2D eigenvalue weighted by atomic mass is 10.2. The highest BCUT2D eigenvalue weighted by atomic mass is 32.2. The summed E-state index contributed by atoms with van der Waals surface area (Å²) in [6.45, 7) is 5.55. The van der Waals surface area contributed by atoms with E-state index in [1.54, 1.807) is 0 Å². The third-order valence-corrected chi connectivity index (χ3v) is 5.79. The second kappa shape index (κ2) is 10.6. The van der Waals surface area contributed by atoms with Crippen molar-refractivity contribution >= 4 is 27.3 Å². The monoisotopic (exact) mass is 448 g/mol. The van der Waals surface area contributed by atoms with Crippen LogP contribution in [0.2, 0.25) is 0 Å². The van der Waals surface area contributed by atoms with E-state index in [4.69, 9.17) is 0 Å². The van der Waals surface area contributed by atoms with Crippen LogP contribution in [-0.4, -0.2) is 64.7 Å². The van der Waals surface area contributed by atoms with Crippen LogP contribution in [0, 0.1) is 5.82 Å². The van der Waals surface area contributed by atoms with Crippen molar-refractivity contribution in [2.75, 3.05) is 55.1 Å². The predicted octanol–water partition coefficient (Wildman–Crippen LogP) is 2.53. The highest BCUT2D eigenvalue weighted by molar-refractivity contribution is 7.92. The van der Waals surface area contributed by atoms with Crippen molar-refractivity contribution in [1.29, 1.82) is 0 Å². The number of benzene rings is 2. The molecule has 0 unspecified atom stereocenters. The van der Waals surface area contributed by atoms with Crippen LogP contribution in [0.15, 0.2) is 48.5 Å². The van der Waals surface area contributed by atoms with Crippen LogP contribution in [0.25, 0.3) is 0 Å². The quantitative estimate of drug-likeness (QED) is 0.576. The van der Waals surface area contributed by atoms with Gasteiger partial charge in [-0.15, -0.1) is 0 Å². The van der Waals surface area contributed by atoms with Gasteiger partial charge in [0, 0.05) is 44.0 Å². The van der Waals surface area contributed by atoms with E-state index in [9.17, 15) is 17.6 Å². The van der Waals surface area contributed by atoms with Gasteiger partial charge in [0.25, 0.3) is 5.91 Å². The summed E-state index contributed by atoms with van der Waals surface area (Å²) in [5.74, 6) is -1.08. The minimum Gasteiger partial charge on any atom is -0.369 e. The molecule has 0 atom stereocenters. The van der Waals surface area contributed by atoms with Crippen molar-refractivity contribution in [1.82, 2.24) is 10.2 Å². The Morgan fingerprint density at radius 1 is 1.03 bits per heavy atom. The Morgan fingerprint density at radius 2 is 1.74 bits per heavy atom. The summed E-state index contributed by atoms with van der Waals surface area (Å²) >= 11 is 0. The van der Waals surface area contributed by atoms with E-state index in [0.29, 0.717) is 6.54 Å². The van der Waals surface area contributed by atoms with Gasteiger partial charge < -0.3 is 10.2 Å². The Bertz CT molecular complexity index is 978. The molecule has 9 heteroatoms. The van der Waals surface area contributed by atoms with Gasteiger partial charge in [0.1, 0.15) is 5.82 Å². The van der Waals surface area contributed by atoms with Crippen LogP contribution in [0.5, 0.6) is 0 Å². The molecular formula is C22H29FN4O3S. The molecule has 2 aromatic carbocycles. The predicted molar refractivity (Wildman–Crippen MR) is 122 cm³/mol. The molecule has 168 valence electrons. The van der Waals surface area contributed by atoms with Crippen LogP contribution in [0.3, 0.4) is 0 Å². The van der Waals surface area contributed by atoms with Gasteiger partial charge in [0.2, 0.25) is 10.0 Å². The fraction of sp³-hybridized carbons (Fsp3) is 0.409. The number of hydrogen-bond donors (Lipinski definition) is 2. The van der Waals surface area contributed by atoms with Crippen LogP contribution in [-0.2, 0) is 10.0 Å². The van der Waals surface area contributed by atoms with Gasteiger partial charge in [-0.05, 0) is 49.7 Å². The zero-order chi connectivity index (χ0) is 22.3. The van der Waals surface area contributed by atoms with Crippen molar-refractivity contribution in [3.05, 3.63) is 59.9 Å². The molecule has 1 saturated heterocycles. The number of rotatable bonds is 9. The van der Waals surface area contributed by atoms with E-state index in [-0.39, 0.29) is 17.2 Å². The number of halogens is 1. The van der Waals surface area contributed by atoms with E-state index in [2.05, 4.69) is 44.1 Å². The van der Waals surface area contributed by atoms with Crippen LogP contribution < -0.4 is 14.9 Å². The maximum Gasteiger partial charge on any atom is 0.251 e. The van der Waals surface area contributed by atoms with Crippen molar-refractivity contribution in [2.24, 2.45) is 0 Å². The first-order chi connectivity index (χ1) is 14.8. The zero-order valence-electron chi connectivity index (χ0n) is 17.7. The molecule has 1 fully saturated rings. The number of unbranched alkanes of at least 4 members (excludes halogenated alkanes) is 1. The number of nitrogens with one attached hydrogen (secondary N) is 2. The summed E-state index contributed by atoms with van der Waals surface area (Å²) < 4.78 is 38.5. The number of para-hydroxylation sites is 1. The first-order valence-corrected chi connectivity index (χ1v) is 12.3. The van der Waals surface area contributed by atoms with Crippen LogP contribution in [0.1, 0.15) is 23.2 Å². The zero-order valence-corrected chi connectivity index (χ0v) is 18.5. The summed E-state index contributed by atoms with van der Waals surface area (Å²) in [7, 11) is -3.63. The number of nitrogens with zero attached hydrogens (tertiary/aromatic N) is 2. The lowest BCUT2D eigenvalue weighted by Crippen LogP contribution is -2.46. The SMILES string of the molecule is CS(=O)(=O)Nc1cc(C(=O)NCCCCN2CCN(c3ccccc3)CC2)ccc1F. The molecule has 1 heterocycles. The summed E-state index contributed by atoms with van der Waals surface area (Å²) in [6.07, 6.45) is 2.73. The Balaban J connectivity index is 1.36. The molecule has 2 aromatic rings. The highest BCUT2D eigenvalue weighted by Crippen LogP contribution is 2.18. The second-order valence-electron chi connectivity index (χ2n) is 7.70. The summed E-state index contributed by atoms with van der Waals surface area (Å²) in [6, 6.07) is 14.1. The number of carbonyl (C=O) groups is 1. The molecule has 0 spiro atoms.